The molecular weight excluding hydrogens is 302 g/mol. The van der Waals surface area contributed by atoms with E-state index >= 15 is 0 Å². The van der Waals surface area contributed by atoms with E-state index in [4.69, 9.17) is 15.6 Å². The minimum atomic E-state index is -1.90. The number of hydrogen-bond donors (Lipinski definition) is 3. The number of quaternary nitrogens is 1. The Balaban J connectivity index is 3.21. The van der Waals surface area contributed by atoms with Gasteiger partial charge in [-0.15, -0.1) is 15.6 Å². The van der Waals surface area contributed by atoms with Gasteiger partial charge in [0.15, 0.2) is 6.04 Å². The van der Waals surface area contributed by atoms with Crippen molar-refractivity contribution in [3.8, 4) is 0 Å². The molecule has 0 saturated heterocycles. The zero-order valence-corrected chi connectivity index (χ0v) is 16.1. The molecule has 0 radical (unpaired) electrons. The molecular formula is C20H42NO3+. The lowest BCUT2D eigenvalue weighted by atomic mass is 10.1. The third-order valence-electron chi connectivity index (χ3n) is 4.73. The highest BCUT2D eigenvalue weighted by atomic mass is 17.1. The highest BCUT2D eigenvalue weighted by Gasteiger charge is 2.28. The van der Waals surface area contributed by atoms with Crippen LogP contribution in [0.4, 0.5) is 0 Å². The summed E-state index contributed by atoms with van der Waals surface area (Å²) >= 11 is 0. The topological polar surface area (TPSA) is 60.7 Å². The first kappa shape index (κ1) is 23.6. The van der Waals surface area contributed by atoms with Gasteiger partial charge in [-0.2, -0.15) is 0 Å². The fourth-order valence-corrected chi connectivity index (χ4v) is 2.86. The van der Waals surface area contributed by atoms with Gasteiger partial charge < -0.3 is 0 Å². The first-order valence-electron chi connectivity index (χ1n) is 10.2. The van der Waals surface area contributed by atoms with Crippen LogP contribution in [0.1, 0.15) is 110 Å². The smallest absolute Gasteiger partial charge is 0.146 e. The molecule has 4 heteroatoms. The summed E-state index contributed by atoms with van der Waals surface area (Å²) in [6, 6.07) is -0.540. The zero-order chi connectivity index (χ0) is 18.1. The number of allylic oxidation sites excluding steroid dienone is 2. The molecule has 0 fully saturated rings. The van der Waals surface area contributed by atoms with Gasteiger partial charge in [0.1, 0.15) is 0 Å². The Kier molecular flexibility index (Phi) is 15.8. The third kappa shape index (κ3) is 16.4. The summed E-state index contributed by atoms with van der Waals surface area (Å²) in [6.45, 7) is 3.90. The Morgan fingerprint density at radius 2 is 1.08 bits per heavy atom. The Labute approximate surface area is 149 Å². The van der Waals surface area contributed by atoms with Gasteiger partial charge in [-0.3, -0.25) is 0 Å². The molecule has 144 valence electrons. The van der Waals surface area contributed by atoms with E-state index in [1.54, 1.807) is 6.92 Å². The van der Waals surface area contributed by atoms with Crippen LogP contribution in [0.25, 0.3) is 0 Å². The van der Waals surface area contributed by atoms with Crippen molar-refractivity contribution < 1.29 is 20.6 Å². The second-order valence-corrected chi connectivity index (χ2v) is 7.19. The summed E-state index contributed by atoms with van der Waals surface area (Å²) in [5.41, 5.74) is 0. The Bertz CT molecular complexity index is 287. The molecule has 1 unspecified atom stereocenters. The number of rotatable bonds is 17. The van der Waals surface area contributed by atoms with Gasteiger partial charge in [0.05, 0.1) is 4.97 Å². The predicted octanol–water partition coefficient (Wildman–Crippen LogP) is 6.79. The van der Waals surface area contributed by atoms with E-state index in [1.165, 1.54) is 77.0 Å². The van der Waals surface area contributed by atoms with Crippen molar-refractivity contribution in [1.82, 2.24) is 0 Å². The van der Waals surface area contributed by atoms with Crippen LogP contribution in [-0.2, 0) is 0 Å². The van der Waals surface area contributed by atoms with Crippen molar-refractivity contribution in [2.24, 2.45) is 0 Å². The average Bonchev–Trinajstić information content (AvgIpc) is 2.53. The van der Waals surface area contributed by atoms with E-state index in [1.807, 2.05) is 0 Å². The monoisotopic (exact) mass is 344 g/mol. The van der Waals surface area contributed by atoms with Crippen molar-refractivity contribution in [3.63, 3.8) is 0 Å². The molecule has 0 aromatic carbocycles. The highest BCUT2D eigenvalue weighted by Crippen LogP contribution is 2.14. The molecule has 0 bridgehead atoms. The van der Waals surface area contributed by atoms with Crippen molar-refractivity contribution in [1.29, 1.82) is 0 Å². The minimum absolute atomic E-state index is 0.540. The molecule has 0 amide bonds. The molecule has 3 N–H and O–H groups in total. The van der Waals surface area contributed by atoms with Crippen molar-refractivity contribution in [3.05, 3.63) is 12.2 Å². The summed E-state index contributed by atoms with van der Waals surface area (Å²) < 4.78 is 0. The van der Waals surface area contributed by atoms with E-state index in [0.717, 1.165) is 12.8 Å². The molecule has 0 rings (SSSR count). The van der Waals surface area contributed by atoms with Crippen LogP contribution in [0.15, 0.2) is 12.2 Å². The van der Waals surface area contributed by atoms with Crippen LogP contribution < -0.4 is 0 Å². The first-order chi connectivity index (χ1) is 11.5. The fraction of sp³-hybridized carbons (Fsp3) is 0.900. The molecule has 24 heavy (non-hydrogen) atoms. The molecule has 0 saturated carbocycles. The van der Waals surface area contributed by atoms with E-state index in [9.17, 15) is 0 Å². The van der Waals surface area contributed by atoms with E-state index in [-0.39, 0.29) is 0 Å². The number of unbranched alkanes of at least 4 members (excludes halogenated alkanes) is 12. The van der Waals surface area contributed by atoms with Gasteiger partial charge in [-0.05, 0) is 39.0 Å². The molecule has 0 aliphatic carbocycles. The van der Waals surface area contributed by atoms with Gasteiger partial charge >= 0.3 is 0 Å². The Hall–Kier alpha value is -0.420. The van der Waals surface area contributed by atoms with Crippen molar-refractivity contribution >= 4 is 0 Å². The zero-order valence-electron chi connectivity index (χ0n) is 16.1. The number of hydrogen-bond acceptors (Lipinski definition) is 3. The lowest BCUT2D eigenvalue weighted by Gasteiger charge is -2.18. The van der Waals surface area contributed by atoms with Gasteiger partial charge in [0.25, 0.3) is 0 Å². The van der Waals surface area contributed by atoms with E-state index in [2.05, 4.69) is 19.1 Å². The summed E-state index contributed by atoms with van der Waals surface area (Å²) in [4.78, 5) is -1.90. The average molecular weight is 345 g/mol. The summed E-state index contributed by atoms with van der Waals surface area (Å²) in [5.74, 6) is 0. The van der Waals surface area contributed by atoms with E-state index in [0.29, 0.717) is 6.42 Å². The third-order valence-corrected chi connectivity index (χ3v) is 4.73. The van der Waals surface area contributed by atoms with Crippen LogP contribution in [0.5, 0.6) is 0 Å². The maximum Gasteiger partial charge on any atom is 0.184 e. The second kappa shape index (κ2) is 16.1. The Morgan fingerprint density at radius 1 is 0.667 bits per heavy atom. The molecule has 1 atom stereocenters. The maximum atomic E-state index is 8.95. The second-order valence-electron chi connectivity index (χ2n) is 7.19. The molecule has 0 spiro atoms. The van der Waals surface area contributed by atoms with Crippen molar-refractivity contribution in [2.45, 2.75) is 116 Å². The predicted molar refractivity (Wildman–Crippen MR) is 99.2 cm³/mol. The summed E-state index contributed by atoms with van der Waals surface area (Å²) in [7, 11) is 0. The molecule has 0 aromatic heterocycles. The molecule has 0 aromatic rings. The van der Waals surface area contributed by atoms with Gasteiger partial charge in [-0.1, -0.05) is 76.9 Å². The standard InChI is InChI=1S/C20H42NO3/c1-3-4-5-6-7-8-9-10-11-12-13-14-15-16-17-18-19-20(2)21(22,23)24/h10-11,20,22-24H,3-9,12-19H2,1-2H3/q+1/b11-10-. The largest absolute Gasteiger partial charge is 0.184 e. The Morgan fingerprint density at radius 3 is 1.54 bits per heavy atom. The summed E-state index contributed by atoms with van der Waals surface area (Å²) in [6.07, 6.45) is 23.0. The quantitative estimate of drug-likeness (QED) is 0.118. The lowest BCUT2D eigenvalue weighted by Crippen LogP contribution is -2.45. The normalized spacial score (nSPS) is 13.7. The minimum Gasteiger partial charge on any atom is -0.146 e. The van der Waals surface area contributed by atoms with Crippen LogP contribution in [0, 0.1) is 0 Å². The lowest BCUT2D eigenvalue weighted by molar-refractivity contribution is -1.38. The van der Waals surface area contributed by atoms with Gasteiger partial charge in [0.2, 0.25) is 0 Å². The van der Waals surface area contributed by atoms with Crippen LogP contribution in [0.2, 0.25) is 0 Å². The molecule has 0 heterocycles. The van der Waals surface area contributed by atoms with Crippen LogP contribution in [-0.4, -0.2) is 26.6 Å². The SMILES string of the molecule is CCCCCCCC/C=C\CCCCCCCCC(C)[N+](O)(O)O. The van der Waals surface area contributed by atoms with Gasteiger partial charge in [-0.25, -0.2) is 0 Å². The molecule has 4 nitrogen and oxygen atoms in total. The molecule has 0 aliphatic heterocycles. The fourth-order valence-electron chi connectivity index (χ4n) is 2.86. The maximum absolute atomic E-state index is 8.95. The number of nitrogens with zero attached hydrogens (tertiary/aromatic N) is 1. The molecule has 0 aliphatic rings. The van der Waals surface area contributed by atoms with Crippen LogP contribution >= 0.6 is 0 Å². The van der Waals surface area contributed by atoms with Gasteiger partial charge in [0, 0.05) is 6.42 Å². The van der Waals surface area contributed by atoms with Crippen molar-refractivity contribution in [2.75, 3.05) is 0 Å². The van der Waals surface area contributed by atoms with E-state index < -0.39 is 11.0 Å². The van der Waals surface area contributed by atoms with Crippen LogP contribution in [0.3, 0.4) is 0 Å². The number of hydroxylamine groups is 3. The first-order valence-corrected chi connectivity index (χ1v) is 10.2. The highest BCUT2D eigenvalue weighted by molar-refractivity contribution is 4.81. The summed E-state index contributed by atoms with van der Waals surface area (Å²) in [5, 5.41) is 26.9.